The topological polar surface area (TPSA) is 81.3 Å². The first kappa shape index (κ1) is 17.3. The molecule has 0 saturated carbocycles. The van der Waals surface area contributed by atoms with E-state index in [0.717, 1.165) is 11.3 Å². The molecular formula is C19H18N4O3. The molecule has 0 N–H and O–H groups in total. The monoisotopic (exact) mass is 350 g/mol. The van der Waals surface area contributed by atoms with E-state index < -0.39 is 4.92 Å². The molecule has 0 atom stereocenters. The molecule has 3 aromatic rings. The molecule has 0 bridgehead atoms. The molecule has 7 heteroatoms. The van der Waals surface area contributed by atoms with Crippen LogP contribution in [0.3, 0.4) is 0 Å². The Labute approximate surface area is 150 Å². The van der Waals surface area contributed by atoms with E-state index in [1.54, 1.807) is 36.1 Å². The zero-order valence-electron chi connectivity index (χ0n) is 14.3. The summed E-state index contributed by atoms with van der Waals surface area (Å²) in [5, 5.41) is 15.2. The van der Waals surface area contributed by atoms with Gasteiger partial charge in [0, 0.05) is 31.1 Å². The fraction of sp³-hybridized carbons (Fsp3) is 0.158. The number of nitro benzene ring substituents is 1. The number of hydrogen-bond donors (Lipinski definition) is 0. The van der Waals surface area contributed by atoms with Gasteiger partial charge in [-0.3, -0.25) is 14.9 Å². The quantitative estimate of drug-likeness (QED) is 0.505. The second-order valence-corrected chi connectivity index (χ2v) is 5.93. The first-order chi connectivity index (χ1) is 12.5. The standard InChI is InChI=1S/C19H18N4O3/c1-21(14-16-5-2-3-6-18(16)23(25)26)19(24)13-15-7-9-17(10-8-15)22-12-4-11-20-22/h2-12H,13-14H2,1H3. The van der Waals surface area contributed by atoms with E-state index in [4.69, 9.17) is 0 Å². The van der Waals surface area contributed by atoms with Crippen LogP contribution in [0.2, 0.25) is 0 Å². The van der Waals surface area contributed by atoms with Crippen LogP contribution in [-0.4, -0.2) is 32.6 Å². The van der Waals surface area contributed by atoms with Crippen molar-refractivity contribution in [3.8, 4) is 5.69 Å². The smallest absolute Gasteiger partial charge is 0.274 e. The third kappa shape index (κ3) is 3.94. The molecule has 0 fully saturated rings. The lowest BCUT2D eigenvalue weighted by atomic mass is 10.1. The number of carbonyl (C=O) groups excluding carboxylic acids is 1. The second kappa shape index (κ2) is 7.60. The normalized spacial score (nSPS) is 10.5. The molecule has 0 unspecified atom stereocenters. The van der Waals surface area contributed by atoms with Crippen molar-refractivity contribution in [2.45, 2.75) is 13.0 Å². The first-order valence-electron chi connectivity index (χ1n) is 8.10. The van der Waals surface area contributed by atoms with Crippen LogP contribution in [0.1, 0.15) is 11.1 Å². The first-order valence-corrected chi connectivity index (χ1v) is 8.10. The Morgan fingerprint density at radius 3 is 2.54 bits per heavy atom. The van der Waals surface area contributed by atoms with E-state index in [2.05, 4.69) is 5.10 Å². The fourth-order valence-electron chi connectivity index (χ4n) is 2.66. The molecule has 132 valence electrons. The van der Waals surface area contributed by atoms with Crippen LogP contribution in [-0.2, 0) is 17.8 Å². The largest absolute Gasteiger partial charge is 0.341 e. The van der Waals surface area contributed by atoms with E-state index in [1.807, 2.05) is 36.5 Å². The van der Waals surface area contributed by atoms with Crippen LogP contribution >= 0.6 is 0 Å². The summed E-state index contributed by atoms with van der Waals surface area (Å²) in [6.07, 6.45) is 3.78. The number of rotatable bonds is 6. The van der Waals surface area contributed by atoms with Crippen LogP contribution in [0.5, 0.6) is 0 Å². The van der Waals surface area contributed by atoms with Crippen LogP contribution < -0.4 is 0 Å². The minimum atomic E-state index is -0.429. The molecular weight excluding hydrogens is 332 g/mol. The lowest BCUT2D eigenvalue weighted by molar-refractivity contribution is -0.385. The van der Waals surface area contributed by atoms with Crippen LogP contribution in [0.25, 0.3) is 5.69 Å². The van der Waals surface area contributed by atoms with Crippen molar-refractivity contribution < 1.29 is 9.72 Å². The number of para-hydroxylation sites is 1. The fourth-order valence-corrected chi connectivity index (χ4v) is 2.66. The maximum atomic E-state index is 12.5. The van der Waals surface area contributed by atoms with E-state index in [-0.39, 0.29) is 24.6 Å². The number of carbonyl (C=O) groups is 1. The van der Waals surface area contributed by atoms with Gasteiger partial charge in [0.2, 0.25) is 5.91 Å². The lowest BCUT2D eigenvalue weighted by Gasteiger charge is -2.17. The molecule has 0 aliphatic rings. The van der Waals surface area contributed by atoms with E-state index in [9.17, 15) is 14.9 Å². The minimum Gasteiger partial charge on any atom is -0.341 e. The van der Waals surface area contributed by atoms with Gasteiger partial charge in [-0.05, 0) is 23.8 Å². The summed E-state index contributed by atoms with van der Waals surface area (Å²) in [5.41, 5.74) is 2.33. The number of nitrogens with zero attached hydrogens (tertiary/aromatic N) is 4. The minimum absolute atomic E-state index is 0.0238. The summed E-state index contributed by atoms with van der Waals surface area (Å²) >= 11 is 0. The molecule has 0 saturated heterocycles. The van der Waals surface area contributed by atoms with Crippen molar-refractivity contribution in [3.05, 3.63) is 88.2 Å². The number of aromatic nitrogens is 2. The van der Waals surface area contributed by atoms with Gasteiger partial charge >= 0.3 is 0 Å². The molecule has 2 aromatic carbocycles. The van der Waals surface area contributed by atoms with Gasteiger partial charge in [0.15, 0.2) is 0 Å². The number of hydrogen-bond acceptors (Lipinski definition) is 4. The highest BCUT2D eigenvalue weighted by Crippen LogP contribution is 2.19. The highest BCUT2D eigenvalue weighted by Gasteiger charge is 2.17. The Bertz CT molecular complexity index is 905. The Morgan fingerprint density at radius 1 is 1.15 bits per heavy atom. The summed E-state index contributed by atoms with van der Waals surface area (Å²) < 4.78 is 1.74. The molecule has 7 nitrogen and oxygen atoms in total. The van der Waals surface area contributed by atoms with Gasteiger partial charge in [-0.1, -0.05) is 30.3 Å². The number of likely N-dealkylation sites (N-methyl/N-ethyl adjacent to an activating group) is 1. The Morgan fingerprint density at radius 2 is 1.88 bits per heavy atom. The summed E-state index contributed by atoms with van der Waals surface area (Å²) in [7, 11) is 1.65. The zero-order chi connectivity index (χ0) is 18.5. The SMILES string of the molecule is CN(Cc1ccccc1[N+](=O)[O-])C(=O)Cc1ccc(-n2cccn2)cc1. The van der Waals surface area contributed by atoms with Crippen LogP contribution in [0, 0.1) is 10.1 Å². The molecule has 0 aliphatic heterocycles. The number of benzene rings is 2. The predicted molar refractivity (Wildman–Crippen MR) is 96.8 cm³/mol. The van der Waals surface area contributed by atoms with Gasteiger partial charge < -0.3 is 4.90 Å². The maximum absolute atomic E-state index is 12.5. The maximum Gasteiger partial charge on any atom is 0.274 e. The molecule has 0 spiro atoms. The van der Waals surface area contributed by atoms with E-state index in [1.165, 1.54) is 11.0 Å². The zero-order valence-corrected chi connectivity index (χ0v) is 14.3. The van der Waals surface area contributed by atoms with Crippen LogP contribution in [0.4, 0.5) is 5.69 Å². The number of amides is 1. The van der Waals surface area contributed by atoms with Crippen molar-refractivity contribution in [2.75, 3.05) is 7.05 Å². The van der Waals surface area contributed by atoms with Gasteiger partial charge in [0.1, 0.15) is 0 Å². The molecule has 0 radical (unpaired) electrons. The highest BCUT2D eigenvalue weighted by molar-refractivity contribution is 5.78. The molecule has 1 heterocycles. The predicted octanol–water partition coefficient (Wildman–Crippen LogP) is 2.98. The lowest BCUT2D eigenvalue weighted by Crippen LogP contribution is -2.28. The summed E-state index contributed by atoms with van der Waals surface area (Å²) in [6, 6.07) is 15.9. The van der Waals surface area contributed by atoms with Gasteiger partial charge in [-0.25, -0.2) is 4.68 Å². The van der Waals surface area contributed by atoms with E-state index >= 15 is 0 Å². The highest BCUT2D eigenvalue weighted by atomic mass is 16.6. The Hall–Kier alpha value is -3.48. The molecule has 1 aromatic heterocycles. The molecule has 3 rings (SSSR count). The average molecular weight is 350 g/mol. The van der Waals surface area contributed by atoms with Gasteiger partial charge in [0.25, 0.3) is 5.69 Å². The van der Waals surface area contributed by atoms with Crippen molar-refractivity contribution in [2.24, 2.45) is 0 Å². The van der Waals surface area contributed by atoms with E-state index in [0.29, 0.717) is 5.56 Å². The average Bonchev–Trinajstić information content (AvgIpc) is 3.17. The van der Waals surface area contributed by atoms with Gasteiger partial charge in [0.05, 0.1) is 23.6 Å². The van der Waals surface area contributed by atoms with Crippen molar-refractivity contribution in [3.63, 3.8) is 0 Å². The Kier molecular flexibility index (Phi) is 5.07. The third-order valence-electron chi connectivity index (χ3n) is 4.08. The molecule has 0 aliphatic carbocycles. The Balaban J connectivity index is 1.65. The molecule has 1 amide bonds. The summed E-state index contributed by atoms with van der Waals surface area (Å²) in [5.74, 6) is -0.102. The van der Waals surface area contributed by atoms with Crippen molar-refractivity contribution in [1.82, 2.24) is 14.7 Å². The van der Waals surface area contributed by atoms with Crippen LogP contribution in [0.15, 0.2) is 67.0 Å². The third-order valence-corrected chi connectivity index (χ3v) is 4.08. The van der Waals surface area contributed by atoms with Crippen molar-refractivity contribution in [1.29, 1.82) is 0 Å². The summed E-state index contributed by atoms with van der Waals surface area (Å²) in [4.78, 5) is 24.6. The molecule has 26 heavy (non-hydrogen) atoms. The van der Waals surface area contributed by atoms with Crippen molar-refractivity contribution >= 4 is 11.6 Å². The summed E-state index contributed by atoms with van der Waals surface area (Å²) in [6.45, 7) is 0.196. The van der Waals surface area contributed by atoms with Gasteiger partial charge in [-0.2, -0.15) is 5.10 Å². The number of nitro groups is 1. The van der Waals surface area contributed by atoms with Gasteiger partial charge in [-0.15, -0.1) is 0 Å². The second-order valence-electron chi connectivity index (χ2n) is 5.93.